The van der Waals surface area contributed by atoms with Gasteiger partial charge in [-0.15, -0.1) is 0 Å². The lowest BCUT2D eigenvalue weighted by Gasteiger charge is -2.33. The van der Waals surface area contributed by atoms with Crippen molar-refractivity contribution in [1.29, 1.82) is 0 Å². The highest BCUT2D eigenvalue weighted by molar-refractivity contribution is 6.02. The molecule has 1 aliphatic rings. The Morgan fingerprint density at radius 1 is 0.949 bits per heavy atom. The molecule has 0 unspecified atom stereocenters. The Bertz CT molecular complexity index is 943. The predicted molar refractivity (Wildman–Crippen MR) is 153 cm³/mol. The van der Waals surface area contributed by atoms with Crippen molar-refractivity contribution in [1.82, 2.24) is 10.2 Å². The van der Waals surface area contributed by atoms with E-state index in [2.05, 4.69) is 31.4 Å². The second kappa shape index (κ2) is 15.3. The predicted octanol–water partition coefficient (Wildman–Crippen LogP) is 4.39. The Kier molecular flexibility index (Phi) is 12.9. The molecule has 1 heterocycles. The molecule has 9 heteroatoms. The van der Waals surface area contributed by atoms with Gasteiger partial charge < -0.3 is 30.1 Å². The second-order valence-corrected chi connectivity index (χ2v) is 12.5. The van der Waals surface area contributed by atoms with Gasteiger partial charge in [-0.25, -0.2) is 0 Å². The average Bonchev–Trinajstić information content (AvgIpc) is 2.85. The molecule has 0 radical (unpaired) electrons. The molecule has 2 rings (SSSR count). The van der Waals surface area contributed by atoms with Gasteiger partial charge in [0.15, 0.2) is 5.78 Å². The molecule has 1 aromatic carbocycles. The molecule has 0 atom stereocenters. The number of piperidine rings is 1. The summed E-state index contributed by atoms with van der Waals surface area (Å²) in [5.74, 6) is -0.282. The van der Waals surface area contributed by atoms with E-state index in [4.69, 9.17) is 9.47 Å². The average molecular weight is 548 g/mol. The fourth-order valence-electron chi connectivity index (χ4n) is 4.22. The number of hydrogen-bond acceptors (Lipinski definition) is 7. The molecule has 9 nitrogen and oxygen atoms in total. The molecule has 0 saturated carbocycles. The zero-order valence-corrected chi connectivity index (χ0v) is 24.7. The van der Waals surface area contributed by atoms with Gasteiger partial charge in [-0.3, -0.25) is 14.4 Å². The van der Waals surface area contributed by atoms with Crippen molar-refractivity contribution in [2.24, 2.45) is 10.8 Å². The molecule has 3 N–H and O–H groups in total. The summed E-state index contributed by atoms with van der Waals surface area (Å²) in [4.78, 5) is 38.9. The van der Waals surface area contributed by atoms with Gasteiger partial charge in [-0.05, 0) is 36.8 Å². The minimum absolute atomic E-state index is 0.150. The Morgan fingerprint density at radius 3 is 2.18 bits per heavy atom. The van der Waals surface area contributed by atoms with E-state index < -0.39 is 5.41 Å². The van der Waals surface area contributed by atoms with Crippen LogP contribution in [0.25, 0.3) is 0 Å². The fourth-order valence-corrected chi connectivity index (χ4v) is 4.22. The number of likely N-dealkylation sites (tertiary alicyclic amines) is 1. The number of ketones is 1. The molecule has 0 spiro atoms. The highest BCUT2D eigenvalue weighted by Gasteiger charge is 2.26. The number of carbonyl (C=O) groups is 3. The van der Waals surface area contributed by atoms with Gasteiger partial charge in [0, 0.05) is 49.3 Å². The first kappa shape index (κ1) is 32.7. The van der Waals surface area contributed by atoms with E-state index >= 15 is 0 Å². The lowest BCUT2D eigenvalue weighted by Crippen LogP contribution is -2.45. The van der Waals surface area contributed by atoms with E-state index in [1.54, 1.807) is 26.8 Å². The summed E-state index contributed by atoms with van der Waals surface area (Å²) in [7, 11) is 0. The number of hydrogen-bond donors (Lipinski definition) is 3. The maximum absolute atomic E-state index is 12.4. The van der Waals surface area contributed by atoms with Crippen LogP contribution in [0.4, 0.5) is 5.69 Å². The summed E-state index contributed by atoms with van der Waals surface area (Å²) in [5, 5.41) is 16.4. The third-order valence-electron chi connectivity index (χ3n) is 6.67. The first-order chi connectivity index (χ1) is 18.3. The van der Waals surface area contributed by atoms with Crippen LogP contribution >= 0.6 is 0 Å². The van der Waals surface area contributed by atoms with Crippen LogP contribution < -0.4 is 10.6 Å². The summed E-state index contributed by atoms with van der Waals surface area (Å²) in [6.45, 7) is 15.9. The standard InChI is InChI=1S/C30H49N3O6/c1-29(2,3)13-9-27(36)33-15-10-22(11-16-33)31-14-18-39-20-19-38-17-12-26(35)32-23-7-8-24(25(34)21-23)28(37)30(4,5)6/h7-8,21-22,31,34H,9-20H2,1-6H3,(H,32,35). The monoisotopic (exact) mass is 547 g/mol. The molecular formula is C30H49N3O6. The van der Waals surface area contributed by atoms with E-state index in [1.807, 2.05) is 4.90 Å². The first-order valence-corrected chi connectivity index (χ1v) is 14.1. The minimum atomic E-state index is -0.605. The summed E-state index contributed by atoms with van der Waals surface area (Å²) in [6.07, 6.45) is 3.64. The molecule has 220 valence electrons. The van der Waals surface area contributed by atoms with Crippen LogP contribution in [0.2, 0.25) is 0 Å². The summed E-state index contributed by atoms with van der Waals surface area (Å²) in [5.41, 5.74) is 0.246. The van der Waals surface area contributed by atoms with Gasteiger partial charge in [-0.1, -0.05) is 41.5 Å². The van der Waals surface area contributed by atoms with Crippen LogP contribution in [-0.4, -0.2) is 79.7 Å². The number of anilines is 1. The van der Waals surface area contributed by atoms with Crippen molar-refractivity contribution in [2.45, 2.75) is 79.7 Å². The Balaban J connectivity index is 1.49. The molecule has 0 aliphatic carbocycles. The van der Waals surface area contributed by atoms with E-state index in [0.717, 1.165) is 38.9 Å². The quantitative estimate of drug-likeness (QED) is 0.234. The molecule has 2 amide bonds. The maximum Gasteiger partial charge on any atom is 0.226 e. The van der Waals surface area contributed by atoms with Gasteiger partial charge >= 0.3 is 0 Å². The smallest absolute Gasteiger partial charge is 0.226 e. The molecule has 1 fully saturated rings. The molecular weight excluding hydrogens is 498 g/mol. The molecule has 1 saturated heterocycles. The highest BCUT2D eigenvalue weighted by Crippen LogP contribution is 2.29. The second-order valence-electron chi connectivity index (χ2n) is 12.5. The fraction of sp³-hybridized carbons (Fsp3) is 0.700. The number of phenolic OH excluding ortho intramolecular Hbond substituents is 1. The number of phenols is 1. The Labute approximate surface area is 234 Å². The van der Waals surface area contributed by atoms with Crippen LogP contribution in [0, 0.1) is 10.8 Å². The number of nitrogens with zero attached hydrogens (tertiary/aromatic N) is 1. The molecule has 1 aromatic rings. The van der Waals surface area contributed by atoms with Gasteiger partial charge in [0.2, 0.25) is 11.8 Å². The third kappa shape index (κ3) is 12.5. The van der Waals surface area contributed by atoms with Crippen LogP contribution in [0.3, 0.4) is 0 Å². The number of Topliss-reactive ketones (excluding diaryl/α,β-unsaturated/α-hetero) is 1. The van der Waals surface area contributed by atoms with E-state index in [0.29, 0.717) is 38.0 Å². The number of ether oxygens (including phenoxy) is 2. The maximum atomic E-state index is 12.4. The van der Waals surface area contributed by atoms with Crippen molar-refractivity contribution in [3.63, 3.8) is 0 Å². The largest absolute Gasteiger partial charge is 0.507 e. The minimum Gasteiger partial charge on any atom is -0.507 e. The van der Waals surface area contributed by atoms with E-state index in [-0.39, 0.29) is 47.4 Å². The zero-order valence-electron chi connectivity index (χ0n) is 24.7. The number of nitrogens with one attached hydrogen (secondary N) is 2. The van der Waals surface area contributed by atoms with E-state index in [1.165, 1.54) is 12.1 Å². The van der Waals surface area contributed by atoms with Crippen molar-refractivity contribution in [3.8, 4) is 5.75 Å². The SMILES string of the molecule is CC(C)(C)CCC(=O)N1CCC(NCCOCCOCCC(=O)Nc2ccc(C(=O)C(C)(C)C)c(O)c2)CC1. The van der Waals surface area contributed by atoms with Gasteiger partial charge in [0.05, 0.1) is 38.4 Å². The van der Waals surface area contributed by atoms with E-state index in [9.17, 15) is 19.5 Å². The van der Waals surface area contributed by atoms with Gasteiger partial charge in [0.25, 0.3) is 0 Å². The van der Waals surface area contributed by atoms with Crippen molar-refractivity contribution < 1.29 is 29.0 Å². The summed E-state index contributed by atoms with van der Waals surface area (Å²) >= 11 is 0. The molecule has 39 heavy (non-hydrogen) atoms. The molecule has 1 aliphatic heterocycles. The lowest BCUT2D eigenvalue weighted by atomic mass is 9.86. The normalized spacial score (nSPS) is 14.9. The van der Waals surface area contributed by atoms with Crippen molar-refractivity contribution in [2.75, 3.05) is 51.4 Å². The van der Waals surface area contributed by atoms with Crippen molar-refractivity contribution >= 4 is 23.3 Å². The number of amides is 2. The number of benzene rings is 1. The number of rotatable bonds is 14. The summed E-state index contributed by atoms with van der Waals surface area (Å²) < 4.78 is 11.1. The zero-order chi connectivity index (χ0) is 29.1. The molecule has 0 bridgehead atoms. The van der Waals surface area contributed by atoms with Crippen LogP contribution in [0.1, 0.15) is 84.0 Å². The van der Waals surface area contributed by atoms with Crippen molar-refractivity contribution in [3.05, 3.63) is 23.8 Å². The number of aromatic hydroxyl groups is 1. The van der Waals surface area contributed by atoms with Crippen LogP contribution in [0.5, 0.6) is 5.75 Å². The van der Waals surface area contributed by atoms with Gasteiger partial charge in [-0.2, -0.15) is 0 Å². The number of carbonyl (C=O) groups excluding carboxylic acids is 3. The highest BCUT2D eigenvalue weighted by atomic mass is 16.5. The lowest BCUT2D eigenvalue weighted by molar-refractivity contribution is -0.132. The molecule has 0 aromatic heterocycles. The van der Waals surface area contributed by atoms with Crippen LogP contribution in [-0.2, 0) is 19.1 Å². The third-order valence-corrected chi connectivity index (χ3v) is 6.67. The summed E-state index contributed by atoms with van der Waals surface area (Å²) in [6, 6.07) is 4.93. The Morgan fingerprint density at radius 2 is 1.59 bits per heavy atom. The Hall–Kier alpha value is -2.49. The topological polar surface area (TPSA) is 117 Å². The first-order valence-electron chi connectivity index (χ1n) is 14.1. The van der Waals surface area contributed by atoms with Crippen LogP contribution in [0.15, 0.2) is 18.2 Å². The van der Waals surface area contributed by atoms with Gasteiger partial charge in [0.1, 0.15) is 5.75 Å².